The van der Waals surface area contributed by atoms with Crippen molar-refractivity contribution < 1.29 is 9.53 Å². The van der Waals surface area contributed by atoms with E-state index in [1.165, 1.54) is 0 Å². The second-order valence-corrected chi connectivity index (χ2v) is 6.26. The molecule has 0 atom stereocenters. The zero-order valence-corrected chi connectivity index (χ0v) is 15.0. The molecule has 128 valence electrons. The molecule has 0 bridgehead atoms. The lowest BCUT2D eigenvalue weighted by Gasteiger charge is -2.07. The normalized spacial score (nSPS) is 10.7. The molecule has 5 heteroatoms. The summed E-state index contributed by atoms with van der Waals surface area (Å²) in [4.78, 5) is 12.5. The monoisotopic (exact) mass is 354 g/mol. The third-order valence-electron chi connectivity index (χ3n) is 4.06. The molecule has 0 aliphatic heterocycles. The lowest BCUT2D eigenvalue weighted by molar-refractivity contribution is 0.0471. The van der Waals surface area contributed by atoms with E-state index in [-0.39, 0.29) is 6.61 Å². The number of esters is 1. The zero-order valence-electron chi connectivity index (χ0n) is 14.2. The first kappa shape index (κ1) is 17.2. The minimum absolute atomic E-state index is 0.213. The van der Waals surface area contributed by atoms with Gasteiger partial charge >= 0.3 is 5.97 Å². The molecule has 0 amide bonds. The van der Waals surface area contributed by atoms with Crippen LogP contribution in [0.5, 0.6) is 0 Å². The van der Waals surface area contributed by atoms with Crippen LogP contribution in [0.3, 0.4) is 0 Å². The first-order valence-electron chi connectivity index (χ1n) is 8.04. The molecule has 25 heavy (non-hydrogen) atoms. The summed E-state index contributed by atoms with van der Waals surface area (Å²) < 4.78 is 7.07. The van der Waals surface area contributed by atoms with Gasteiger partial charge in [-0.1, -0.05) is 66.2 Å². The molecule has 0 saturated heterocycles. The lowest BCUT2D eigenvalue weighted by Crippen LogP contribution is -2.08. The van der Waals surface area contributed by atoms with Crippen molar-refractivity contribution in [2.75, 3.05) is 0 Å². The number of nitrogens with zero attached hydrogens (tertiary/aromatic N) is 2. The average molecular weight is 355 g/mol. The van der Waals surface area contributed by atoms with E-state index in [4.69, 9.17) is 16.3 Å². The molecule has 0 saturated carbocycles. The summed E-state index contributed by atoms with van der Waals surface area (Å²) in [7, 11) is 0. The molecule has 2 aromatic carbocycles. The number of benzene rings is 2. The number of hydrogen-bond donors (Lipinski definition) is 0. The summed E-state index contributed by atoms with van der Waals surface area (Å²) >= 11 is 6.39. The van der Waals surface area contributed by atoms with Crippen molar-refractivity contribution >= 4 is 17.6 Å². The number of carbonyl (C=O) groups excluding carboxylic acids is 1. The van der Waals surface area contributed by atoms with Gasteiger partial charge in [0.2, 0.25) is 0 Å². The van der Waals surface area contributed by atoms with Gasteiger partial charge < -0.3 is 4.74 Å². The SMILES string of the molecule is Cc1ccccc1COC(=O)c1c(C)nn(Cc2ccccc2)c1Cl. The molecule has 3 rings (SSSR count). The number of hydrogen-bond acceptors (Lipinski definition) is 3. The standard InChI is InChI=1S/C20H19ClN2O2/c1-14-8-6-7-11-17(14)13-25-20(24)18-15(2)22-23(19(18)21)12-16-9-4-3-5-10-16/h3-11H,12-13H2,1-2H3. The zero-order chi connectivity index (χ0) is 17.8. The minimum Gasteiger partial charge on any atom is -0.457 e. The van der Waals surface area contributed by atoms with Crippen LogP contribution in [0.15, 0.2) is 54.6 Å². The van der Waals surface area contributed by atoms with E-state index in [9.17, 15) is 4.79 Å². The third kappa shape index (κ3) is 3.91. The molecular formula is C20H19ClN2O2. The number of rotatable bonds is 5. The summed E-state index contributed by atoms with van der Waals surface area (Å²) in [6.07, 6.45) is 0. The number of aromatic nitrogens is 2. The molecule has 3 aromatic rings. The van der Waals surface area contributed by atoms with E-state index in [1.54, 1.807) is 11.6 Å². The van der Waals surface area contributed by atoms with Gasteiger partial charge in [0.25, 0.3) is 0 Å². The summed E-state index contributed by atoms with van der Waals surface area (Å²) in [5.41, 5.74) is 4.01. The van der Waals surface area contributed by atoms with E-state index in [2.05, 4.69) is 5.10 Å². The largest absolute Gasteiger partial charge is 0.457 e. The molecular weight excluding hydrogens is 336 g/mol. The summed E-state index contributed by atoms with van der Waals surface area (Å²) in [5.74, 6) is -0.454. The molecule has 0 fully saturated rings. The first-order chi connectivity index (χ1) is 12.1. The van der Waals surface area contributed by atoms with E-state index in [0.717, 1.165) is 16.7 Å². The van der Waals surface area contributed by atoms with Crippen LogP contribution in [0.2, 0.25) is 5.15 Å². The maximum atomic E-state index is 12.5. The number of halogens is 1. The van der Waals surface area contributed by atoms with Gasteiger partial charge in [-0.25, -0.2) is 9.48 Å². The van der Waals surface area contributed by atoms with Crippen LogP contribution in [0.1, 0.15) is 32.7 Å². The molecule has 0 N–H and O–H groups in total. The van der Waals surface area contributed by atoms with Crippen LogP contribution >= 0.6 is 11.6 Å². The minimum atomic E-state index is -0.454. The van der Waals surface area contributed by atoms with Crippen LogP contribution in [0.4, 0.5) is 0 Å². The van der Waals surface area contributed by atoms with Gasteiger partial charge in [0.05, 0.1) is 12.2 Å². The van der Waals surface area contributed by atoms with Crippen molar-refractivity contribution in [2.24, 2.45) is 0 Å². The Morgan fingerprint density at radius 2 is 1.76 bits per heavy atom. The highest BCUT2D eigenvalue weighted by Gasteiger charge is 2.22. The molecule has 0 unspecified atom stereocenters. The number of carbonyl (C=O) groups is 1. The van der Waals surface area contributed by atoms with E-state index in [0.29, 0.717) is 23.0 Å². The van der Waals surface area contributed by atoms with Crippen LogP contribution < -0.4 is 0 Å². The molecule has 0 spiro atoms. The Morgan fingerprint density at radius 1 is 1.08 bits per heavy atom. The Kier molecular flexibility index (Phi) is 5.19. The molecule has 0 aliphatic carbocycles. The van der Waals surface area contributed by atoms with Crippen molar-refractivity contribution in [2.45, 2.75) is 27.0 Å². The molecule has 1 aromatic heterocycles. The molecule has 0 aliphatic rings. The molecule has 0 radical (unpaired) electrons. The van der Waals surface area contributed by atoms with Crippen molar-refractivity contribution in [3.63, 3.8) is 0 Å². The Bertz CT molecular complexity index is 888. The smallest absolute Gasteiger partial charge is 0.343 e. The van der Waals surface area contributed by atoms with E-state index >= 15 is 0 Å². The van der Waals surface area contributed by atoms with Crippen LogP contribution in [-0.4, -0.2) is 15.7 Å². The average Bonchev–Trinajstić information content (AvgIpc) is 2.88. The summed E-state index contributed by atoms with van der Waals surface area (Å²) in [5, 5.41) is 4.68. The second kappa shape index (κ2) is 7.53. The van der Waals surface area contributed by atoms with Crippen molar-refractivity contribution in [1.82, 2.24) is 9.78 Å². The number of ether oxygens (including phenoxy) is 1. The fourth-order valence-corrected chi connectivity index (χ4v) is 2.95. The Labute approximate surface area is 152 Å². The maximum Gasteiger partial charge on any atom is 0.343 e. The van der Waals surface area contributed by atoms with Crippen molar-refractivity contribution in [1.29, 1.82) is 0 Å². The van der Waals surface area contributed by atoms with Crippen LogP contribution in [0.25, 0.3) is 0 Å². The van der Waals surface area contributed by atoms with Gasteiger partial charge in [0.1, 0.15) is 17.3 Å². The van der Waals surface area contributed by atoms with E-state index < -0.39 is 5.97 Å². The highest BCUT2D eigenvalue weighted by molar-refractivity contribution is 6.32. The van der Waals surface area contributed by atoms with Gasteiger partial charge in [0, 0.05) is 0 Å². The summed E-state index contributed by atoms with van der Waals surface area (Å²) in [6.45, 7) is 4.47. The highest BCUT2D eigenvalue weighted by atomic mass is 35.5. The Morgan fingerprint density at radius 3 is 2.48 bits per heavy atom. The molecule has 1 heterocycles. The van der Waals surface area contributed by atoms with E-state index in [1.807, 2.05) is 61.5 Å². The van der Waals surface area contributed by atoms with Gasteiger partial charge in [-0.2, -0.15) is 5.10 Å². The molecule has 4 nitrogen and oxygen atoms in total. The number of aryl methyl sites for hydroxylation is 2. The predicted octanol–water partition coefficient (Wildman–Crippen LogP) is 4.56. The van der Waals surface area contributed by atoms with Gasteiger partial charge in [0.15, 0.2) is 0 Å². The van der Waals surface area contributed by atoms with Crippen molar-refractivity contribution in [3.05, 3.63) is 87.7 Å². The topological polar surface area (TPSA) is 44.1 Å². The Balaban J connectivity index is 1.76. The second-order valence-electron chi connectivity index (χ2n) is 5.90. The fourth-order valence-electron chi connectivity index (χ4n) is 2.63. The lowest BCUT2D eigenvalue weighted by atomic mass is 10.1. The van der Waals surface area contributed by atoms with Crippen LogP contribution in [0, 0.1) is 13.8 Å². The third-order valence-corrected chi connectivity index (χ3v) is 4.45. The maximum absolute atomic E-state index is 12.5. The van der Waals surface area contributed by atoms with Crippen LogP contribution in [-0.2, 0) is 17.9 Å². The van der Waals surface area contributed by atoms with Gasteiger partial charge in [-0.3, -0.25) is 0 Å². The first-order valence-corrected chi connectivity index (χ1v) is 8.42. The Hall–Kier alpha value is -2.59. The quantitative estimate of drug-likeness (QED) is 0.631. The fraction of sp³-hybridized carbons (Fsp3) is 0.200. The predicted molar refractivity (Wildman–Crippen MR) is 97.8 cm³/mol. The van der Waals surface area contributed by atoms with Crippen molar-refractivity contribution in [3.8, 4) is 0 Å². The van der Waals surface area contributed by atoms with Gasteiger partial charge in [-0.15, -0.1) is 0 Å². The van der Waals surface area contributed by atoms with Gasteiger partial charge in [-0.05, 0) is 30.5 Å². The summed E-state index contributed by atoms with van der Waals surface area (Å²) in [6, 6.07) is 17.6. The highest BCUT2D eigenvalue weighted by Crippen LogP contribution is 2.22.